The van der Waals surface area contributed by atoms with E-state index in [1.54, 1.807) is 11.3 Å². The molecular formula is C10H9ClOS2. The van der Waals surface area contributed by atoms with Crippen LogP contribution >= 0.6 is 35.6 Å². The molecule has 0 spiro atoms. The number of halogens is 1. The Morgan fingerprint density at radius 1 is 1.50 bits per heavy atom. The highest BCUT2D eigenvalue weighted by Gasteiger charge is 2.10. The predicted octanol–water partition coefficient (Wildman–Crippen LogP) is 4.24. The summed E-state index contributed by atoms with van der Waals surface area (Å²) < 4.78 is 6.56. The maximum atomic E-state index is 6.16. The first-order chi connectivity index (χ1) is 6.72. The summed E-state index contributed by atoms with van der Waals surface area (Å²) in [5, 5.41) is 2.51. The second kappa shape index (κ2) is 4.01. The van der Waals surface area contributed by atoms with E-state index < -0.39 is 0 Å². The molecular weight excluding hydrogens is 236 g/mol. The molecule has 0 atom stereocenters. The number of rotatable bonds is 2. The van der Waals surface area contributed by atoms with Gasteiger partial charge < -0.3 is 4.74 Å². The molecule has 74 valence electrons. The largest absolute Gasteiger partial charge is 0.483 e. The maximum Gasteiger partial charge on any atom is 0.193 e. The van der Waals surface area contributed by atoms with Crippen LogP contribution in [-0.2, 0) is 0 Å². The van der Waals surface area contributed by atoms with Crippen molar-refractivity contribution in [1.82, 2.24) is 0 Å². The van der Waals surface area contributed by atoms with E-state index >= 15 is 0 Å². The minimum atomic E-state index is 0.639. The van der Waals surface area contributed by atoms with Crippen molar-refractivity contribution in [2.24, 2.45) is 0 Å². The van der Waals surface area contributed by atoms with Crippen LogP contribution in [-0.4, -0.2) is 6.61 Å². The van der Waals surface area contributed by atoms with E-state index in [9.17, 15) is 0 Å². The molecule has 0 radical (unpaired) electrons. The van der Waals surface area contributed by atoms with Crippen molar-refractivity contribution in [3.63, 3.8) is 0 Å². The van der Waals surface area contributed by atoms with Crippen LogP contribution in [0.15, 0.2) is 23.1 Å². The number of thiophene rings is 1. The maximum absolute atomic E-state index is 6.16. The van der Waals surface area contributed by atoms with Gasteiger partial charge in [0.25, 0.3) is 0 Å². The fourth-order valence-corrected chi connectivity index (χ4v) is 2.83. The van der Waals surface area contributed by atoms with Gasteiger partial charge in [0.15, 0.2) is 5.06 Å². The summed E-state index contributed by atoms with van der Waals surface area (Å²) in [6.45, 7) is 2.59. The van der Waals surface area contributed by atoms with Gasteiger partial charge in [0, 0.05) is 15.0 Å². The van der Waals surface area contributed by atoms with Crippen LogP contribution in [0.4, 0.5) is 0 Å². The average molecular weight is 245 g/mol. The SMILES string of the molecule is CCOc1sc2ccc(S)cc2c1Cl. The highest BCUT2D eigenvalue weighted by atomic mass is 35.5. The highest BCUT2D eigenvalue weighted by Crippen LogP contribution is 2.41. The second-order valence-electron chi connectivity index (χ2n) is 2.82. The smallest absolute Gasteiger partial charge is 0.193 e. The zero-order valence-corrected chi connectivity index (χ0v) is 10.0. The summed E-state index contributed by atoms with van der Waals surface area (Å²) in [5.74, 6) is 0. The van der Waals surface area contributed by atoms with Gasteiger partial charge in [0.05, 0.1) is 6.61 Å². The standard InChI is InChI=1S/C10H9ClOS2/c1-2-12-10-9(11)7-5-6(13)3-4-8(7)14-10/h3-5,13H,2H2,1H3. The van der Waals surface area contributed by atoms with Crippen LogP contribution in [0.1, 0.15) is 6.92 Å². The summed E-state index contributed by atoms with van der Waals surface area (Å²) in [6.07, 6.45) is 0. The second-order valence-corrected chi connectivity index (χ2v) is 4.73. The molecule has 1 nitrogen and oxygen atoms in total. The first-order valence-electron chi connectivity index (χ1n) is 4.26. The zero-order valence-electron chi connectivity index (χ0n) is 7.58. The van der Waals surface area contributed by atoms with Crippen molar-refractivity contribution in [3.8, 4) is 5.06 Å². The predicted molar refractivity (Wildman–Crippen MR) is 65.3 cm³/mol. The summed E-state index contributed by atoms with van der Waals surface area (Å²) in [6, 6.07) is 5.92. The van der Waals surface area contributed by atoms with E-state index in [0.717, 1.165) is 20.0 Å². The Bertz CT molecular complexity index is 464. The Balaban J connectivity index is 2.62. The first-order valence-corrected chi connectivity index (χ1v) is 5.90. The van der Waals surface area contributed by atoms with E-state index in [0.29, 0.717) is 11.6 Å². The Hall–Kier alpha value is -0.380. The third-order valence-corrected chi connectivity index (χ3v) is 3.71. The summed E-state index contributed by atoms with van der Waals surface area (Å²) in [7, 11) is 0. The van der Waals surface area contributed by atoms with Crippen molar-refractivity contribution >= 4 is 45.7 Å². The Kier molecular flexibility index (Phi) is 2.91. The fraction of sp³-hybridized carbons (Fsp3) is 0.200. The van der Waals surface area contributed by atoms with E-state index in [4.69, 9.17) is 16.3 Å². The van der Waals surface area contributed by atoms with Crippen molar-refractivity contribution in [2.45, 2.75) is 11.8 Å². The van der Waals surface area contributed by atoms with Crippen LogP contribution in [0.5, 0.6) is 5.06 Å². The number of thiol groups is 1. The molecule has 2 rings (SSSR count). The lowest BCUT2D eigenvalue weighted by molar-refractivity contribution is 0.351. The van der Waals surface area contributed by atoms with Crippen molar-refractivity contribution in [3.05, 3.63) is 23.2 Å². The molecule has 0 bridgehead atoms. The first kappa shape index (κ1) is 10.1. The summed E-state index contributed by atoms with van der Waals surface area (Å²) in [4.78, 5) is 0.917. The van der Waals surface area contributed by atoms with Gasteiger partial charge in [-0.2, -0.15) is 0 Å². The quantitative estimate of drug-likeness (QED) is 0.778. The Labute approximate surface area is 97.1 Å². The molecule has 0 amide bonds. The molecule has 0 fully saturated rings. The lowest BCUT2D eigenvalue weighted by Gasteiger charge is -1.97. The third-order valence-electron chi connectivity index (χ3n) is 1.86. The number of hydrogen-bond acceptors (Lipinski definition) is 3. The highest BCUT2D eigenvalue weighted by molar-refractivity contribution is 7.80. The van der Waals surface area contributed by atoms with Gasteiger partial charge in [-0.3, -0.25) is 0 Å². The fourth-order valence-electron chi connectivity index (χ4n) is 1.26. The van der Waals surface area contributed by atoms with Gasteiger partial charge in [-0.05, 0) is 25.1 Å². The van der Waals surface area contributed by atoms with Crippen LogP contribution in [0, 0.1) is 0 Å². The monoisotopic (exact) mass is 244 g/mol. The molecule has 0 saturated heterocycles. The molecule has 0 N–H and O–H groups in total. The van der Waals surface area contributed by atoms with E-state index in [1.165, 1.54) is 0 Å². The Morgan fingerprint density at radius 2 is 2.29 bits per heavy atom. The third kappa shape index (κ3) is 1.72. The van der Waals surface area contributed by atoms with Gasteiger partial charge in [-0.25, -0.2) is 0 Å². The molecule has 1 heterocycles. The van der Waals surface area contributed by atoms with Gasteiger partial charge in [-0.15, -0.1) is 12.6 Å². The van der Waals surface area contributed by atoms with E-state index in [1.807, 2.05) is 25.1 Å². The summed E-state index contributed by atoms with van der Waals surface area (Å²) in [5.41, 5.74) is 0. The van der Waals surface area contributed by atoms with E-state index in [2.05, 4.69) is 12.6 Å². The molecule has 0 aliphatic heterocycles. The molecule has 0 aliphatic carbocycles. The molecule has 4 heteroatoms. The van der Waals surface area contributed by atoms with Crippen molar-refractivity contribution < 1.29 is 4.74 Å². The van der Waals surface area contributed by atoms with Gasteiger partial charge in [0.1, 0.15) is 5.02 Å². The zero-order chi connectivity index (χ0) is 10.1. The lowest BCUT2D eigenvalue weighted by Crippen LogP contribution is -1.87. The van der Waals surface area contributed by atoms with Gasteiger partial charge in [0.2, 0.25) is 0 Å². The normalized spacial score (nSPS) is 10.8. The number of fused-ring (bicyclic) bond motifs is 1. The lowest BCUT2D eigenvalue weighted by atomic mass is 10.3. The summed E-state index contributed by atoms with van der Waals surface area (Å²) >= 11 is 12.0. The van der Waals surface area contributed by atoms with Gasteiger partial charge >= 0.3 is 0 Å². The average Bonchev–Trinajstić information content (AvgIpc) is 2.46. The molecule has 2 aromatic rings. The van der Waals surface area contributed by atoms with Crippen molar-refractivity contribution in [2.75, 3.05) is 6.61 Å². The van der Waals surface area contributed by atoms with Crippen molar-refractivity contribution in [1.29, 1.82) is 0 Å². The molecule has 0 aliphatic rings. The topological polar surface area (TPSA) is 9.23 Å². The van der Waals surface area contributed by atoms with E-state index in [-0.39, 0.29) is 0 Å². The van der Waals surface area contributed by atoms with Crippen LogP contribution in [0.25, 0.3) is 10.1 Å². The molecule has 0 unspecified atom stereocenters. The van der Waals surface area contributed by atoms with Gasteiger partial charge in [-0.1, -0.05) is 22.9 Å². The number of ether oxygens (including phenoxy) is 1. The Morgan fingerprint density at radius 3 is 3.00 bits per heavy atom. The number of hydrogen-bond donors (Lipinski definition) is 1. The minimum absolute atomic E-state index is 0.639. The van der Waals surface area contributed by atoms with Crippen LogP contribution in [0.3, 0.4) is 0 Å². The molecule has 1 aromatic carbocycles. The van der Waals surface area contributed by atoms with Crippen LogP contribution < -0.4 is 4.74 Å². The molecule has 1 aromatic heterocycles. The molecule has 0 saturated carbocycles. The molecule has 14 heavy (non-hydrogen) atoms. The number of benzene rings is 1. The minimum Gasteiger partial charge on any atom is -0.483 e. The van der Waals surface area contributed by atoms with Crippen LogP contribution in [0.2, 0.25) is 5.02 Å².